The van der Waals surface area contributed by atoms with Gasteiger partial charge < -0.3 is 11.5 Å². The van der Waals surface area contributed by atoms with Crippen molar-refractivity contribution in [3.63, 3.8) is 0 Å². The summed E-state index contributed by atoms with van der Waals surface area (Å²) in [6, 6.07) is 36.8. The molecule has 5 aromatic rings. The van der Waals surface area contributed by atoms with Crippen LogP contribution in [0.25, 0.3) is 44.8 Å². The van der Waals surface area contributed by atoms with Gasteiger partial charge in [0.15, 0.2) is 0 Å². The van der Waals surface area contributed by atoms with Crippen LogP contribution in [0.2, 0.25) is 0 Å². The molecule has 4 heteroatoms. The second-order valence-electron chi connectivity index (χ2n) is 7.58. The van der Waals surface area contributed by atoms with Gasteiger partial charge in [-0.05, 0) is 22.3 Å². The van der Waals surface area contributed by atoms with E-state index in [-0.39, 0.29) is 5.95 Å². The highest BCUT2D eigenvalue weighted by molar-refractivity contribution is 5.86. The third-order valence-electron chi connectivity index (χ3n) is 5.49. The summed E-state index contributed by atoms with van der Waals surface area (Å²) in [5, 5.41) is 0. The lowest BCUT2D eigenvalue weighted by Gasteiger charge is -2.12. The Balaban J connectivity index is 1.50. The predicted molar refractivity (Wildman–Crippen MR) is 133 cm³/mol. The second kappa shape index (κ2) is 8.36. The molecular weight excluding hydrogens is 392 g/mol. The average Bonchev–Trinajstić information content (AvgIpc) is 2.86. The number of nitrogens with zero attached hydrogens (tertiary/aromatic N) is 2. The fourth-order valence-electron chi connectivity index (χ4n) is 3.83. The summed E-state index contributed by atoms with van der Waals surface area (Å²) in [5.41, 5.74) is 20.8. The van der Waals surface area contributed by atoms with Crippen LogP contribution < -0.4 is 11.5 Å². The molecule has 0 atom stereocenters. The van der Waals surface area contributed by atoms with Gasteiger partial charge >= 0.3 is 0 Å². The van der Waals surface area contributed by atoms with Crippen LogP contribution in [0.5, 0.6) is 0 Å². The van der Waals surface area contributed by atoms with Crippen LogP contribution in [0.1, 0.15) is 0 Å². The minimum atomic E-state index is 0.198. The van der Waals surface area contributed by atoms with Gasteiger partial charge in [0.2, 0.25) is 5.95 Å². The highest BCUT2D eigenvalue weighted by atomic mass is 15.0. The maximum atomic E-state index is 6.53. The van der Waals surface area contributed by atoms with E-state index in [0.717, 1.165) is 33.4 Å². The lowest BCUT2D eigenvalue weighted by atomic mass is 9.99. The SMILES string of the molecule is Nc1nc(-c2ccc(-c3ccccc3)cc2)c(N)c(-c2ccc(-c3ccccc3)cc2)n1. The van der Waals surface area contributed by atoms with Gasteiger partial charge in [0.25, 0.3) is 0 Å². The van der Waals surface area contributed by atoms with Crippen molar-refractivity contribution in [1.29, 1.82) is 0 Å². The molecule has 0 aliphatic carbocycles. The molecule has 0 amide bonds. The molecule has 154 valence electrons. The maximum absolute atomic E-state index is 6.53. The van der Waals surface area contributed by atoms with E-state index in [1.807, 2.05) is 60.7 Å². The quantitative estimate of drug-likeness (QED) is 0.361. The van der Waals surface area contributed by atoms with Gasteiger partial charge in [-0.15, -0.1) is 0 Å². The molecule has 1 aromatic heterocycles. The zero-order valence-corrected chi connectivity index (χ0v) is 17.4. The highest BCUT2D eigenvalue weighted by Crippen LogP contribution is 2.34. The summed E-state index contributed by atoms with van der Waals surface area (Å²) in [4.78, 5) is 8.88. The monoisotopic (exact) mass is 414 g/mol. The molecule has 0 radical (unpaired) electrons. The van der Waals surface area contributed by atoms with Crippen molar-refractivity contribution in [3.8, 4) is 44.8 Å². The van der Waals surface area contributed by atoms with Gasteiger partial charge in [-0.2, -0.15) is 0 Å². The van der Waals surface area contributed by atoms with E-state index in [9.17, 15) is 0 Å². The van der Waals surface area contributed by atoms with Crippen molar-refractivity contribution in [3.05, 3.63) is 109 Å². The van der Waals surface area contributed by atoms with E-state index >= 15 is 0 Å². The Bertz CT molecular complexity index is 1240. The van der Waals surface area contributed by atoms with Crippen LogP contribution in [0.3, 0.4) is 0 Å². The molecule has 0 saturated carbocycles. The zero-order valence-electron chi connectivity index (χ0n) is 17.4. The summed E-state index contributed by atoms with van der Waals surface area (Å²) >= 11 is 0. The fourth-order valence-corrected chi connectivity index (χ4v) is 3.83. The molecule has 1 heterocycles. The molecule has 0 spiro atoms. The molecule has 0 saturated heterocycles. The first-order chi connectivity index (χ1) is 15.7. The standard InChI is InChI=1S/C28H22N4/c29-25-26(23-15-11-21(12-16-23)19-7-3-1-4-8-19)31-28(30)32-27(25)24-17-13-22(14-18-24)20-9-5-2-6-10-20/h1-18H,29H2,(H2,30,31,32). The molecule has 0 aliphatic rings. The van der Waals surface area contributed by atoms with Gasteiger partial charge in [-0.3, -0.25) is 0 Å². The molecule has 0 bridgehead atoms. The van der Waals surface area contributed by atoms with E-state index in [2.05, 4.69) is 58.5 Å². The lowest BCUT2D eigenvalue weighted by molar-refractivity contribution is 1.20. The number of nitrogen functional groups attached to an aromatic ring is 2. The van der Waals surface area contributed by atoms with Crippen LogP contribution in [-0.2, 0) is 0 Å². The van der Waals surface area contributed by atoms with E-state index < -0.39 is 0 Å². The van der Waals surface area contributed by atoms with Crippen molar-refractivity contribution in [2.75, 3.05) is 11.5 Å². The van der Waals surface area contributed by atoms with Gasteiger partial charge in [0, 0.05) is 11.1 Å². The number of benzene rings is 4. The predicted octanol–water partition coefficient (Wildman–Crippen LogP) is 6.31. The Labute approximate surface area is 187 Å². The topological polar surface area (TPSA) is 77.8 Å². The molecule has 4 N–H and O–H groups in total. The number of hydrogen-bond donors (Lipinski definition) is 2. The van der Waals surface area contributed by atoms with Crippen LogP contribution in [0.4, 0.5) is 11.6 Å². The average molecular weight is 415 g/mol. The summed E-state index contributed by atoms with van der Waals surface area (Å²) in [6.45, 7) is 0. The Morgan fingerprint density at radius 3 is 1.06 bits per heavy atom. The Kier molecular flexibility index (Phi) is 5.10. The summed E-state index contributed by atoms with van der Waals surface area (Å²) < 4.78 is 0. The van der Waals surface area contributed by atoms with E-state index in [0.29, 0.717) is 17.1 Å². The molecule has 0 aliphatic heterocycles. The Morgan fingerprint density at radius 1 is 0.375 bits per heavy atom. The van der Waals surface area contributed by atoms with Crippen molar-refractivity contribution < 1.29 is 0 Å². The third-order valence-corrected chi connectivity index (χ3v) is 5.49. The van der Waals surface area contributed by atoms with Crippen molar-refractivity contribution in [1.82, 2.24) is 9.97 Å². The first kappa shape index (κ1) is 19.5. The third kappa shape index (κ3) is 3.82. The summed E-state index contributed by atoms with van der Waals surface area (Å²) in [5.74, 6) is 0.198. The maximum Gasteiger partial charge on any atom is 0.221 e. The number of rotatable bonds is 4. The van der Waals surface area contributed by atoms with E-state index in [1.54, 1.807) is 0 Å². The number of aromatic nitrogens is 2. The van der Waals surface area contributed by atoms with Crippen molar-refractivity contribution in [2.24, 2.45) is 0 Å². The minimum absolute atomic E-state index is 0.198. The molecule has 32 heavy (non-hydrogen) atoms. The summed E-state index contributed by atoms with van der Waals surface area (Å²) in [6.07, 6.45) is 0. The van der Waals surface area contributed by atoms with Gasteiger partial charge in [-0.1, -0.05) is 109 Å². The zero-order chi connectivity index (χ0) is 21.9. The second-order valence-corrected chi connectivity index (χ2v) is 7.58. The molecule has 4 nitrogen and oxygen atoms in total. The lowest BCUT2D eigenvalue weighted by Crippen LogP contribution is -2.04. The van der Waals surface area contributed by atoms with Crippen LogP contribution in [0, 0.1) is 0 Å². The summed E-state index contributed by atoms with van der Waals surface area (Å²) in [7, 11) is 0. The first-order valence-corrected chi connectivity index (χ1v) is 10.4. The minimum Gasteiger partial charge on any atom is -0.395 e. The van der Waals surface area contributed by atoms with Gasteiger partial charge in [-0.25, -0.2) is 9.97 Å². The highest BCUT2D eigenvalue weighted by Gasteiger charge is 2.14. The molecule has 0 unspecified atom stereocenters. The molecule has 0 fully saturated rings. The Hall–Kier alpha value is -4.44. The number of anilines is 2. The number of nitrogens with two attached hydrogens (primary N) is 2. The van der Waals surface area contributed by atoms with Crippen molar-refractivity contribution in [2.45, 2.75) is 0 Å². The smallest absolute Gasteiger partial charge is 0.221 e. The van der Waals surface area contributed by atoms with Gasteiger partial charge in [0.1, 0.15) is 0 Å². The normalized spacial score (nSPS) is 10.8. The molecule has 4 aromatic carbocycles. The number of hydrogen-bond acceptors (Lipinski definition) is 4. The largest absolute Gasteiger partial charge is 0.395 e. The molecule has 5 rings (SSSR count). The Morgan fingerprint density at radius 2 is 0.688 bits per heavy atom. The van der Waals surface area contributed by atoms with Crippen LogP contribution in [-0.4, -0.2) is 9.97 Å². The van der Waals surface area contributed by atoms with Crippen LogP contribution in [0.15, 0.2) is 109 Å². The van der Waals surface area contributed by atoms with Gasteiger partial charge in [0.05, 0.1) is 17.1 Å². The van der Waals surface area contributed by atoms with E-state index in [1.165, 1.54) is 0 Å². The van der Waals surface area contributed by atoms with Crippen LogP contribution >= 0.6 is 0 Å². The first-order valence-electron chi connectivity index (χ1n) is 10.4. The van der Waals surface area contributed by atoms with E-state index in [4.69, 9.17) is 11.5 Å². The van der Waals surface area contributed by atoms with Crippen molar-refractivity contribution >= 4 is 11.6 Å². The molecular formula is C28H22N4. The fraction of sp³-hybridized carbons (Fsp3) is 0.